The fourth-order valence-electron chi connectivity index (χ4n) is 1.91. The lowest BCUT2D eigenvalue weighted by Gasteiger charge is -2.15. The zero-order valence-corrected chi connectivity index (χ0v) is 13.8. The number of carbonyl (C=O) groups is 2. The Morgan fingerprint density at radius 1 is 0.917 bits per heavy atom. The number of rotatable bonds is 5. The van der Waals surface area contributed by atoms with Gasteiger partial charge in [0.2, 0.25) is 0 Å². The molecule has 0 bridgehead atoms. The molecule has 2 N–H and O–H groups in total. The lowest BCUT2D eigenvalue weighted by atomic mass is 10.2. The van der Waals surface area contributed by atoms with Gasteiger partial charge in [-0.25, -0.2) is 0 Å². The second-order valence-electron chi connectivity index (χ2n) is 5.25. The molecule has 126 valence electrons. The van der Waals surface area contributed by atoms with Crippen molar-refractivity contribution in [1.82, 2.24) is 10.9 Å². The van der Waals surface area contributed by atoms with E-state index in [9.17, 15) is 9.59 Å². The summed E-state index contributed by atoms with van der Waals surface area (Å²) < 4.78 is 10.5. The normalized spacial score (nSPS) is 11.3. The molecule has 0 heterocycles. The molecular formula is C18H20N2O4. The van der Waals surface area contributed by atoms with Crippen LogP contribution in [0.2, 0.25) is 0 Å². The molecule has 6 heteroatoms. The van der Waals surface area contributed by atoms with E-state index in [1.165, 1.54) is 0 Å². The van der Waals surface area contributed by atoms with Gasteiger partial charge < -0.3 is 9.47 Å². The minimum absolute atomic E-state index is 0.406. The van der Waals surface area contributed by atoms with Gasteiger partial charge in [-0.3, -0.25) is 20.4 Å². The van der Waals surface area contributed by atoms with E-state index in [-0.39, 0.29) is 0 Å². The molecule has 2 amide bonds. The van der Waals surface area contributed by atoms with Crippen LogP contribution in [0.4, 0.5) is 0 Å². The Kier molecular flexibility index (Phi) is 5.78. The number of ether oxygens (including phenoxy) is 2. The van der Waals surface area contributed by atoms with Crippen molar-refractivity contribution in [1.29, 1.82) is 0 Å². The molecule has 2 rings (SSSR count). The summed E-state index contributed by atoms with van der Waals surface area (Å²) in [5.41, 5.74) is 6.21. The first-order valence-corrected chi connectivity index (χ1v) is 7.47. The summed E-state index contributed by atoms with van der Waals surface area (Å²) in [5, 5.41) is 0. The van der Waals surface area contributed by atoms with Gasteiger partial charge in [0, 0.05) is 5.56 Å². The van der Waals surface area contributed by atoms with E-state index < -0.39 is 17.9 Å². The Morgan fingerprint density at radius 2 is 1.50 bits per heavy atom. The smallest absolute Gasteiger partial charge is 0.279 e. The molecule has 0 saturated carbocycles. The average Bonchev–Trinajstić information content (AvgIpc) is 2.61. The molecule has 1 atom stereocenters. The van der Waals surface area contributed by atoms with Crippen molar-refractivity contribution in [2.45, 2.75) is 20.0 Å². The van der Waals surface area contributed by atoms with Crippen LogP contribution < -0.4 is 20.3 Å². The standard InChI is InChI=1S/C18H20N2O4/c1-12-4-8-16(9-5-12)24-13(2)17(21)19-20-18(22)14-6-10-15(23-3)11-7-14/h4-11,13H,1-3H3,(H,19,21)(H,20,22). The predicted octanol–water partition coefficient (Wildman–Crippen LogP) is 2.23. The van der Waals surface area contributed by atoms with E-state index in [4.69, 9.17) is 9.47 Å². The maximum absolute atomic E-state index is 12.0. The van der Waals surface area contributed by atoms with Crippen LogP contribution in [0.3, 0.4) is 0 Å². The summed E-state index contributed by atoms with van der Waals surface area (Å²) in [6.07, 6.45) is -0.746. The molecule has 1 unspecified atom stereocenters. The molecule has 2 aromatic rings. The van der Waals surface area contributed by atoms with Gasteiger partial charge in [-0.15, -0.1) is 0 Å². The van der Waals surface area contributed by atoms with Crippen molar-refractivity contribution >= 4 is 11.8 Å². The second-order valence-corrected chi connectivity index (χ2v) is 5.25. The first-order chi connectivity index (χ1) is 11.5. The van der Waals surface area contributed by atoms with Crippen molar-refractivity contribution in [3.05, 3.63) is 59.7 Å². The molecule has 0 saturated heterocycles. The van der Waals surface area contributed by atoms with Gasteiger partial charge in [0.1, 0.15) is 11.5 Å². The molecule has 2 aromatic carbocycles. The van der Waals surface area contributed by atoms with Crippen LogP contribution >= 0.6 is 0 Å². The zero-order valence-electron chi connectivity index (χ0n) is 13.8. The third-order valence-corrected chi connectivity index (χ3v) is 3.35. The average molecular weight is 328 g/mol. The highest BCUT2D eigenvalue weighted by molar-refractivity contribution is 5.95. The van der Waals surface area contributed by atoms with E-state index in [1.807, 2.05) is 19.1 Å². The summed E-state index contributed by atoms with van der Waals surface area (Å²) in [6, 6.07) is 13.9. The number of amides is 2. The van der Waals surface area contributed by atoms with Crippen LogP contribution in [-0.2, 0) is 4.79 Å². The molecule has 0 aliphatic rings. The molecule has 6 nitrogen and oxygen atoms in total. The number of carbonyl (C=O) groups excluding carboxylic acids is 2. The SMILES string of the molecule is COc1ccc(C(=O)NNC(=O)C(C)Oc2ccc(C)cc2)cc1. The monoisotopic (exact) mass is 328 g/mol. The van der Waals surface area contributed by atoms with Crippen molar-refractivity contribution in [2.75, 3.05) is 7.11 Å². The minimum atomic E-state index is -0.746. The van der Waals surface area contributed by atoms with Crippen LogP contribution in [0.25, 0.3) is 0 Å². The first-order valence-electron chi connectivity index (χ1n) is 7.47. The number of aryl methyl sites for hydroxylation is 1. The van der Waals surface area contributed by atoms with E-state index in [2.05, 4.69) is 10.9 Å². The Morgan fingerprint density at radius 3 is 2.08 bits per heavy atom. The highest BCUT2D eigenvalue weighted by Crippen LogP contribution is 2.13. The Hall–Kier alpha value is -3.02. The van der Waals surface area contributed by atoms with E-state index in [0.29, 0.717) is 17.1 Å². The summed E-state index contributed by atoms with van der Waals surface area (Å²) in [4.78, 5) is 23.9. The Labute approximate surface area is 140 Å². The van der Waals surface area contributed by atoms with Crippen LogP contribution in [0, 0.1) is 6.92 Å². The third kappa shape index (κ3) is 4.74. The minimum Gasteiger partial charge on any atom is -0.497 e. The lowest BCUT2D eigenvalue weighted by Crippen LogP contribution is -2.47. The number of benzene rings is 2. The summed E-state index contributed by atoms with van der Waals surface area (Å²) in [7, 11) is 1.55. The van der Waals surface area contributed by atoms with Crippen LogP contribution in [0.5, 0.6) is 11.5 Å². The molecule has 0 aliphatic heterocycles. The molecule has 0 spiro atoms. The van der Waals surface area contributed by atoms with Crippen LogP contribution in [0.15, 0.2) is 48.5 Å². The third-order valence-electron chi connectivity index (χ3n) is 3.35. The number of hydrogen-bond acceptors (Lipinski definition) is 4. The lowest BCUT2D eigenvalue weighted by molar-refractivity contribution is -0.128. The van der Waals surface area contributed by atoms with E-state index >= 15 is 0 Å². The fraction of sp³-hybridized carbons (Fsp3) is 0.222. The Balaban J connectivity index is 1.84. The van der Waals surface area contributed by atoms with E-state index in [1.54, 1.807) is 50.4 Å². The topological polar surface area (TPSA) is 76.7 Å². The van der Waals surface area contributed by atoms with E-state index in [0.717, 1.165) is 5.56 Å². The molecule has 0 aliphatic carbocycles. The summed E-state index contributed by atoms with van der Waals surface area (Å²) >= 11 is 0. The van der Waals surface area contributed by atoms with Crippen LogP contribution in [-0.4, -0.2) is 25.0 Å². The van der Waals surface area contributed by atoms with Gasteiger partial charge in [0.15, 0.2) is 6.10 Å². The summed E-state index contributed by atoms with van der Waals surface area (Å²) in [6.45, 7) is 3.57. The van der Waals surface area contributed by atoms with Gasteiger partial charge in [-0.2, -0.15) is 0 Å². The maximum atomic E-state index is 12.0. The number of hydrogen-bond donors (Lipinski definition) is 2. The van der Waals surface area contributed by atoms with Crippen molar-refractivity contribution < 1.29 is 19.1 Å². The number of methoxy groups -OCH3 is 1. The van der Waals surface area contributed by atoms with Gasteiger partial charge in [0.25, 0.3) is 11.8 Å². The summed E-state index contributed by atoms with van der Waals surface area (Å²) in [5.74, 6) is 0.367. The second kappa shape index (κ2) is 8.01. The van der Waals surface area contributed by atoms with Crippen molar-refractivity contribution in [3.8, 4) is 11.5 Å². The Bertz CT molecular complexity index is 696. The first kappa shape index (κ1) is 17.3. The highest BCUT2D eigenvalue weighted by atomic mass is 16.5. The number of hydrazine groups is 1. The molecule has 24 heavy (non-hydrogen) atoms. The zero-order chi connectivity index (χ0) is 17.5. The number of nitrogens with one attached hydrogen (secondary N) is 2. The van der Waals surface area contributed by atoms with Gasteiger partial charge in [-0.05, 0) is 50.2 Å². The maximum Gasteiger partial charge on any atom is 0.279 e. The van der Waals surface area contributed by atoms with Gasteiger partial charge in [0.05, 0.1) is 7.11 Å². The molecular weight excluding hydrogens is 308 g/mol. The quantitative estimate of drug-likeness (QED) is 0.825. The van der Waals surface area contributed by atoms with Crippen molar-refractivity contribution in [2.24, 2.45) is 0 Å². The predicted molar refractivity (Wildman–Crippen MR) is 89.9 cm³/mol. The fourth-order valence-corrected chi connectivity index (χ4v) is 1.91. The molecule has 0 fully saturated rings. The molecule has 0 aromatic heterocycles. The van der Waals surface area contributed by atoms with Gasteiger partial charge >= 0.3 is 0 Å². The largest absolute Gasteiger partial charge is 0.497 e. The molecule has 0 radical (unpaired) electrons. The van der Waals surface area contributed by atoms with Gasteiger partial charge in [-0.1, -0.05) is 17.7 Å². The van der Waals surface area contributed by atoms with Crippen LogP contribution in [0.1, 0.15) is 22.8 Å². The van der Waals surface area contributed by atoms with Crippen molar-refractivity contribution in [3.63, 3.8) is 0 Å². The highest BCUT2D eigenvalue weighted by Gasteiger charge is 2.15.